The minimum absolute atomic E-state index is 0.0767. The number of amides is 1. The summed E-state index contributed by atoms with van der Waals surface area (Å²) in [7, 11) is 0. The molecule has 0 saturated carbocycles. The van der Waals surface area contributed by atoms with Crippen LogP contribution >= 0.6 is 0 Å². The van der Waals surface area contributed by atoms with Crippen molar-refractivity contribution >= 4 is 12.1 Å². The highest BCUT2D eigenvalue weighted by Crippen LogP contribution is 2.13. The van der Waals surface area contributed by atoms with Crippen LogP contribution in [0.2, 0.25) is 0 Å². The lowest BCUT2D eigenvalue weighted by Crippen LogP contribution is -2.24. The molecule has 0 bridgehead atoms. The van der Waals surface area contributed by atoms with Gasteiger partial charge in [0.1, 0.15) is 5.75 Å². The second-order valence-corrected chi connectivity index (χ2v) is 4.34. The monoisotopic (exact) mass is 283 g/mol. The van der Waals surface area contributed by atoms with Crippen LogP contribution in [0.5, 0.6) is 5.75 Å². The first-order valence-electron chi connectivity index (χ1n) is 6.72. The Morgan fingerprint density at radius 3 is 3.00 bits per heavy atom. The van der Waals surface area contributed by atoms with E-state index in [0.29, 0.717) is 11.4 Å². The summed E-state index contributed by atoms with van der Waals surface area (Å²) in [5, 5.41) is 3.82. The minimum Gasteiger partial charge on any atom is -0.484 e. The largest absolute Gasteiger partial charge is 0.484 e. The highest BCUT2D eigenvalue weighted by molar-refractivity contribution is 5.81. The molecule has 2 aromatic rings. The van der Waals surface area contributed by atoms with E-state index >= 15 is 0 Å². The molecule has 5 nitrogen and oxygen atoms in total. The smallest absolute Gasteiger partial charge is 0.277 e. The highest BCUT2D eigenvalue weighted by atomic mass is 16.5. The van der Waals surface area contributed by atoms with Crippen molar-refractivity contribution in [2.75, 3.05) is 6.61 Å². The van der Waals surface area contributed by atoms with E-state index in [-0.39, 0.29) is 12.5 Å². The van der Waals surface area contributed by atoms with Gasteiger partial charge in [-0.3, -0.25) is 9.78 Å². The van der Waals surface area contributed by atoms with Crippen LogP contribution in [0.3, 0.4) is 0 Å². The maximum atomic E-state index is 11.6. The van der Waals surface area contributed by atoms with Gasteiger partial charge in [0.2, 0.25) is 0 Å². The molecule has 1 heterocycles. The Labute approximate surface area is 123 Å². The molecule has 0 atom stereocenters. The Bertz CT molecular complexity index is 612. The number of aryl methyl sites for hydroxylation is 1. The van der Waals surface area contributed by atoms with Crippen LogP contribution in [-0.2, 0) is 11.2 Å². The summed E-state index contributed by atoms with van der Waals surface area (Å²) in [6, 6.07) is 13.1. The van der Waals surface area contributed by atoms with Gasteiger partial charge in [0.15, 0.2) is 6.61 Å². The van der Waals surface area contributed by atoms with Crippen LogP contribution in [0.15, 0.2) is 53.8 Å². The van der Waals surface area contributed by atoms with E-state index in [1.54, 1.807) is 12.3 Å². The third-order valence-corrected chi connectivity index (χ3v) is 2.75. The van der Waals surface area contributed by atoms with Crippen molar-refractivity contribution in [2.45, 2.75) is 13.3 Å². The molecule has 1 amide bonds. The second-order valence-electron chi connectivity index (χ2n) is 4.34. The number of nitrogens with zero attached hydrogens (tertiary/aromatic N) is 2. The fourth-order valence-electron chi connectivity index (χ4n) is 1.66. The Morgan fingerprint density at radius 1 is 1.33 bits per heavy atom. The molecule has 1 aromatic heterocycles. The molecule has 2 rings (SSSR count). The van der Waals surface area contributed by atoms with Gasteiger partial charge < -0.3 is 4.74 Å². The van der Waals surface area contributed by atoms with E-state index in [9.17, 15) is 4.79 Å². The summed E-state index contributed by atoms with van der Waals surface area (Å²) in [4.78, 5) is 15.6. The van der Waals surface area contributed by atoms with E-state index in [4.69, 9.17) is 4.74 Å². The van der Waals surface area contributed by atoms with Gasteiger partial charge >= 0.3 is 0 Å². The zero-order chi connectivity index (χ0) is 14.9. The van der Waals surface area contributed by atoms with Crippen molar-refractivity contribution in [3.05, 3.63) is 59.9 Å². The molecule has 1 N–H and O–H groups in total. The van der Waals surface area contributed by atoms with Gasteiger partial charge in [0.05, 0.1) is 11.9 Å². The van der Waals surface area contributed by atoms with Gasteiger partial charge in [0, 0.05) is 6.20 Å². The summed E-state index contributed by atoms with van der Waals surface area (Å²) >= 11 is 0. The molecule has 0 unspecified atom stereocenters. The predicted molar refractivity (Wildman–Crippen MR) is 81.3 cm³/mol. The van der Waals surface area contributed by atoms with Crippen LogP contribution in [-0.4, -0.2) is 23.7 Å². The Balaban J connectivity index is 1.78. The molecule has 21 heavy (non-hydrogen) atoms. The topological polar surface area (TPSA) is 63.6 Å². The molecule has 0 fully saturated rings. The van der Waals surface area contributed by atoms with Gasteiger partial charge in [-0.1, -0.05) is 25.1 Å². The SMILES string of the molecule is CCc1cccc(OCC(=O)N/N=C/c2ccccn2)c1. The second kappa shape index (κ2) is 7.79. The molecule has 1 aromatic carbocycles. The van der Waals surface area contributed by atoms with Crippen molar-refractivity contribution in [3.8, 4) is 5.75 Å². The molecular weight excluding hydrogens is 266 g/mol. The summed E-state index contributed by atoms with van der Waals surface area (Å²) in [6.45, 7) is 1.99. The number of rotatable bonds is 6. The van der Waals surface area contributed by atoms with Crippen molar-refractivity contribution < 1.29 is 9.53 Å². The van der Waals surface area contributed by atoms with Crippen molar-refractivity contribution in [1.82, 2.24) is 10.4 Å². The number of hydrazone groups is 1. The Morgan fingerprint density at radius 2 is 2.24 bits per heavy atom. The van der Waals surface area contributed by atoms with Crippen LogP contribution in [0.1, 0.15) is 18.2 Å². The number of pyridine rings is 1. The number of ether oxygens (including phenoxy) is 1. The van der Waals surface area contributed by atoms with Gasteiger partial charge in [-0.25, -0.2) is 5.43 Å². The maximum absolute atomic E-state index is 11.6. The quantitative estimate of drug-likeness (QED) is 0.653. The van der Waals surface area contributed by atoms with E-state index in [1.165, 1.54) is 11.8 Å². The van der Waals surface area contributed by atoms with E-state index < -0.39 is 0 Å². The molecule has 0 aliphatic rings. The van der Waals surface area contributed by atoms with Gasteiger partial charge in [-0.15, -0.1) is 0 Å². The molecule has 0 saturated heterocycles. The molecule has 108 valence electrons. The lowest BCUT2D eigenvalue weighted by Gasteiger charge is -2.06. The number of aromatic nitrogens is 1. The normalized spacial score (nSPS) is 10.5. The standard InChI is InChI=1S/C16H17N3O2/c1-2-13-6-5-8-15(10-13)21-12-16(20)19-18-11-14-7-3-4-9-17-14/h3-11H,2,12H2,1H3,(H,19,20)/b18-11+. The molecule has 0 radical (unpaired) electrons. The Hall–Kier alpha value is -2.69. The average Bonchev–Trinajstić information content (AvgIpc) is 2.54. The lowest BCUT2D eigenvalue weighted by atomic mass is 10.2. The molecule has 0 spiro atoms. The maximum Gasteiger partial charge on any atom is 0.277 e. The zero-order valence-corrected chi connectivity index (χ0v) is 11.8. The Kier molecular flexibility index (Phi) is 5.46. The number of hydrogen-bond acceptors (Lipinski definition) is 4. The van der Waals surface area contributed by atoms with Crippen LogP contribution in [0, 0.1) is 0 Å². The fourth-order valence-corrected chi connectivity index (χ4v) is 1.66. The van der Waals surface area contributed by atoms with Crippen LogP contribution in [0.25, 0.3) is 0 Å². The van der Waals surface area contributed by atoms with Gasteiger partial charge in [0.25, 0.3) is 5.91 Å². The highest BCUT2D eigenvalue weighted by Gasteiger charge is 2.01. The molecule has 0 aliphatic carbocycles. The summed E-state index contributed by atoms with van der Waals surface area (Å²) in [6.07, 6.45) is 4.07. The zero-order valence-electron chi connectivity index (χ0n) is 11.8. The lowest BCUT2D eigenvalue weighted by molar-refractivity contribution is -0.123. The van der Waals surface area contributed by atoms with E-state index in [2.05, 4.69) is 22.4 Å². The van der Waals surface area contributed by atoms with Crippen molar-refractivity contribution in [1.29, 1.82) is 0 Å². The van der Waals surface area contributed by atoms with E-state index in [1.807, 2.05) is 36.4 Å². The minimum atomic E-state index is -0.316. The van der Waals surface area contributed by atoms with E-state index in [0.717, 1.165) is 6.42 Å². The first kappa shape index (κ1) is 14.7. The van der Waals surface area contributed by atoms with Crippen LogP contribution in [0.4, 0.5) is 0 Å². The van der Waals surface area contributed by atoms with Crippen LogP contribution < -0.4 is 10.2 Å². The first-order valence-corrected chi connectivity index (χ1v) is 6.72. The third-order valence-electron chi connectivity index (χ3n) is 2.75. The summed E-state index contributed by atoms with van der Waals surface area (Å²) in [5.41, 5.74) is 4.24. The molecule has 5 heteroatoms. The first-order chi connectivity index (χ1) is 10.3. The predicted octanol–water partition coefficient (Wildman–Crippen LogP) is 2.17. The number of hydrogen-bond donors (Lipinski definition) is 1. The number of carbonyl (C=O) groups excluding carboxylic acids is 1. The van der Waals surface area contributed by atoms with Gasteiger partial charge in [-0.05, 0) is 36.2 Å². The average molecular weight is 283 g/mol. The fraction of sp³-hybridized carbons (Fsp3) is 0.188. The summed E-state index contributed by atoms with van der Waals surface area (Å²) < 4.78 is 5.41. The van der Waals surface area contributed by atoms with Gasteiger partial charge in [-0.2, -0.15) is 5.10 Å². The summed E-state index contributed by atoms with van der Waals surface area (Å²) in [5.74, 6) is 0.363. The van der Waals surface area contributed by atoms with Crippen molar-refractivity contribution in [3.63, 3.8) is 0 Å². The van der Waals surface area contributed by atoms with Crippen molar-refractivity contribution in [2.24, 2.45) is 5.10 Å². The molecular formula is C16H17N3O2. The number of benzene rings is 1. The number of carbonyl (C=O) groups is 1. The number of nitrogens with one attached hydrogen (secondary N) is 1. The third kappa shape index (κ3) is 5.06. The molecule has 0 aliphatic heterocycles.